The van der Waals surface area contributed by atoms with Gasteiger partial charge in [0.25, 0.3) is 0 Å². The molecule has 1 aromatic heterocycles. The van der Waals surface area contributed by atoms with Crippen molar-refractivity contribution in [1.82, 2.24) is 4.57 Å². The number of benzene rings is 1. The second kappa shape index (κ2) is 5.05. The predicted molar refractivity (Wildman–Crippen MR) is 69.7 cm³/mol. The predicted octanol–water partition coefficient (Wildman–Crippen LogP) is 1.88. The summed E-state index contributed by atoms with van der Waals surface area (Å²) in [6, 6.07) is 7.21. The van der Waals surface area contributed by atoms with Crippen molar-refractivity contribution in [3.05, 3.63) is 45.0 Å². The highest BCUT2D eigenvalue weighted by atomic mass is 32.1. The topological polar surface area (TPSA) is 57.2 Å². The Bertz CT molecular complexity index is 542. The molecule has 0 bridgehead atoms. The van der Waals surface area contributed by atoms with Gasteiger partial charge in [0.05, 0.1) is 6.54 Å². The molecule has 2 rings (SSSR count). The van der Waals surface area contributed by atoms with Crippen LogP contribution in [0.25, 0.3) is 0 Å². The normalized spacial score (nSPS) is 10.4. The fourth-order valence-electron chi connectivity index (χ4n) is 1.49. The quantitative estimate of drug-likeness (QED) is 0.843. The van der Waals surface area contributed by atoms with Crippen molar-refractivity contribution in [3.8, 4) is 5.75 Å². The molecule has 2 aromatic rings. The van der Waals surface area contributed by atoms with E-state index in [2.05, 4.69) is 0 Å². The molecule has 0 unspecified atom stereocenters. The number of ether oxygens (including phenoxy) is 1. The summed E-state index contributed by atoms with van der Waals surface area (Å²) in [5, 5.41) is 1.85. The summed E-state index contributed by atoms with van der Waals surface area (Å²) in [7, 11) is 0. The van der Waals surface area contributed by atoms with Gasteiger partial charge in [-0.1, -0.05) is 11.3 Å². The molecule has 90 valence electrons. The third kappa shape index (κ3) is 2.88. The lowest BCUT2D eigenvalue weighted by atomic mass is 10.3. The van der Waals surface area contributed by atoms with Gasteiger partial charge < -0.3 is 10.5 Å². The van der Waals surface area contributed by atoms with Crippen molar-refractivity contribution >= 4 is 17.0 Å². The Morgan fingerprint density at radius 1 is 1.35 bits per heavy atom. The molecule has 0 spiro atoms. The zero-order valence-electron chi connectivity index (χ0n) is 9.55. The minimum atomic E-state index is 0.0587. The summed E-state index contributed by atoms with van der Waals surface area (Å²) >= 11 is 1.21. The van der Waals surface area contributed by atoms with Crippen LogP contribution in [0.5, 0.6) is 5.75 Å². The van der Waals surface area contributed by atoms with Crippen LogP contribution >= 0.6 is 11.3 Å². The Kier molecular flexibility index (Phi) is 3.49. The van der Waals surface area contributed by atoms with Gasteiger partial charge in [0, 0.05) is 16.8 Å². The Hall–Kier alpha value is -1.75. The standard InChI is InChI=1S/C12H14N2O2S/c1-9-8-17-12(15)14(9)6-7-16-11-4-2-10(13)3-5-11/h2-5,8H,6-7,13H2,1H3. The third-order valence-corrected chi connectivity index (χ3v) is 3.32. The molecule has 0 radical (unpaired) electrons. The van der Waals surface area contributed by atoms with Gasteiger partial charge in [-0.2, -0.15) is 0 Å². The van der Waals surface area contributed by atoms with Crippen molar-refractivity contribution in [3.63, 3.8) is 0 Å². The van der Waals surface area contributed by atoms with Gasteiger partial charge in [-0.25, -0.2) is 0 Å². The van der Waals surface area contributed by atoms with Gasteiger partial charge in [-0.05, 0) is 31.2 Å². The molecule has 17 heavy (non-hydrogen) atoms. The van der Waals surface area contributed by atoms with Crippen LogP contribution in [0.1, 0.15) is 5.69 Å². The molecule has 0 aliphatic rings. The van der Waals surface area contributed by atoms with E-state index >= 15 is 0 Å². The molecule has 0 atom stereocenters. The van der Waals surface area contributed by atoms with Crippen LogP contribution in [0.3, 0.4) is 0 Å². The zero-order valence-corrected chi connectivity index (χ0v) is 10.4. The maximum atomic E-state index is 11.4. The summed E-state index contributed by atoms with van der Waals surface area (Å²) in [5.41, 5.74) is 7.26. The fraction of sp³-hybridized carbons (Fsp3) is 0.250. The molecule has 1 aromatic carbocycles. The summed E-state index contributed by atoms with van der Waals surface area (Å²) in [5.74, 6) is 0.764. The highest BCUT2D eigenvalue weighted by molar-refractivity contribution is 7.07. The average molecular weight is 250 g/mol. The first-order valence-corrected chi connectivity index (χ1v) is 6.18. The largest absolute Gasteiger partial charge is 0.492 e. The average Bonchev–Trinajstić information content (AvgIpc) is 2.63. The summed E-state index contributed by atoms with van der Waals surface area (Å²) in [6.07, 6.45) is 0. The lowest BCUT2D eigenvalue weighted by Crippen LogP contribution is -2.18. The third-order valence-electron chi connectivity index (χ3n) is 2.44. The van der Waals surface area contributed by atoms with E-state index < -0.39 is 0 Å². The van der Waals surface area contributed by atoms with E-state index in [1.165, 1.54) is 11.3 Å². The molecule has 0 saturated carbocycles. The second-order valence-electron chi connectivity index (χ2n) is 3.71. The first-order valence-electron chi connectivity index (χ1n) is 5.30. The molecule has 5 heteroatoms. The minimum Gasteiger partial charge on any atom is -0.492 e. The Morgan fingerprint density at radius 3 is 2.65 bits per heavy atom. The maximum absolute atomic E-state index is 11.4. The van der Waals surface area contributed by atoms with Crippen LogP contribution in [0, 0.1) is 6.92 Å². The van der Waals surface area contributed by atoms with Crippen molar-refractivity contribution < 1.29 is 4.74 Å². The SMILES string of the molecule is Cc1csc(=O)n1CCOc1ccc(N)cc1. The Balaban J connectivity index is 1.92. The van der Waals surface area contributed by atoms with Gasteiger partial charge in [-0.3, -0.25) is 9.36 Å². The van der Waals surface area contributed by atoms with E-state index in [-0.39, 0.29) is 4.87 Å². The number of rotatable bonds is 4. The van der Waals surface area contributed by atoms with Gasteiger partial charge in [0.15, 0.2) is 0 Å². The van der Waals surface area contributed by atoms with Crippen LogP contribution in [-0.4, -0.2) is 11.2 Å². The summed E-state index contributed by atoms with van der Waals surface area (Å²) in [4.78, 5) is 11.5. The van der Waals surface area contributed by atoms with Crippen LogP contribution in [-0.2, 0) is 6.54 Å². The maximum Gasteiger partial charge on any atom is 0.307 e. The molecule has 0 saturated heterocycles. The van der Waals surface area contributed by atoms with E-state index in [1.54, 1.807) is 16.7 Å². The number of nitrogen functional groups attached to an aromatic ring is 1. The molecule has 1 heterocycles. The molecule has 0 aliphatic heterocycles. The number of nitrogens with zero attached hydrogens (tertiary/aromatic N) is 1. The first-order chi connectivity index (χ1) is 8.16. The lowest BCUT2D eigenvalue weighted by Gasteiger charge is -2.07. The highest BCUT2D eigenvalue weighted by Crippen LogP contribution is 2.13. The van der Waals surface area contributed by atoms with Crippen LogP contribution < -0.4 is 15.3 Å². The van der Waals surface area contributed by atoms with Gasteiger partial charge in [0.1, 0.15) is 12.4 Å². The van der Waals surface area contributed by atoms with E-state index in [0.717, 1.165) is 11.4 Å². The fourth-order valence-corrected chi connectivity index (χ4v) is 2.25. The number of nitrogens with two attached hydrogens (primary N) is 1. The number of anilines is 1. The van der Waals surface area contributed by atoms with Crippen LogP contribution in [0.4, 0.5) is 5.69 Å². The van der Waals surface area contributed by atoms with Crippen molar-refractivity contribution in [2.45, 2.75) is 13.5 Å². The minimum absolute atomic E-state index is 0.0587. The number of hydrogen-bond acceptors (Lipinski definition) is 4. The van der Waals surface area contributed by atoms with E-state index in [9.17, 15) is 4.79 Å². The van der Waals surface area contributed by atoms with Crippen molar-refractivity contribution in [2.24, 2.45) is 0 Å². The molecule has 0 amide bonds. The van der Waals surface area contributed by atoms with Gasteiger partial charge >= 0.3 is 4.87 Å². The molecule has 4 nitrogen and oxygen atoms in total. The Labute approximate surface area is 103 Å². The summed E-state index contributed by atoms with van der Waals surface area (Å²) < 4.78 is 7.24. The van der Waals surface area contributed by atoms with Gasteiger partial charge in [-0.15, -0.1) is 0 Å². The number of hydrogen-bond donors (Lipinski definition) is 1. The van der Waals surface area contributed by atoms with Crippen LogP contribution in [0.15, 0.2) is 34.4 Å². The lowest BCUT2D eigenvalue weighted by molar-refractivity contribution is 0.296. The second-order valence-corrected chi connectivity index (χ2v) is 4.53. The molecule has 0 fully saturated rings. The Morgan fingerprint density at radius 2 is 2.06 bits per heavy atom. The highest BCUT2D eigenvalue weighted by Gasteiger charge is 2.02. The molecular formula is C12H14N2O2S. The smallest absolute Gasteiger partial charge is 0.307 e. The molecular weight excluding hydrogens is 236 g/mol. The van der Waals surface area contributed by atoms with E-state index in [4.69, 9.17) is 10.5 Å². The number of thiazole rings is 1. The van der Waals surface area contributed by atoms with Crippen molar-refractivity contribution in [1.29, 1.82) is 0 Å². The number of aryl methyl sites for hydroxylation is 1. The summed E-state index contributed by atoms with van der Waals surface area (Å²) in [6.45, 7) is 2.96. The number of aromatic nitrogens is 1. The molecule has 2 N–H and O–H groups in total. The van der Waals surface area contributed by atoms with Crippen LogP contribution in [0.2, 0.25) is 0 Å². The van der Waals surface area contributed by atoms with E-state index in [1.807, 2.05) is 24.4 Å². The zero-order chi connectivity index (χ0) is 12.3. The van der Waals surface area contributed by atoms with Crippen molar-refractivity contribution in [2.75, 3.05) is 12.3 Å². The van der Waals surface area contributed by atoms with Gasteiger partial charge in [0.2, 0.25) is 0 Å². The monoisotopic (exact) mass is 250 g/mol. The van der Waals surface area contributed by atoms with E-state index in [0.29, 0.717) is 18.8 Å². The first kappa shape index (κ1) is 11.7. The molecule has 0 aliphatic carbocycles.